The number of nitrogens with zero attached hydrogens (tertiary/aromatic N) is 2. The summed E-state index contributed by atoms with van der Waals surface area (Å²) in [7, 11) is 0. The number of aliphatic hydroxyl groups excluding tert-OH is 1. The first kappa shape index (κ1) is 11.9. The lowest BCUT2D eigenvalue weighted by atomic mass is 10.2. The molecular formula is C9H14N4OS. The molecule has 0 aliphatic rings. The summed E-state index contributed by atoms with van der Waals surface area (Å²) in [5, 5.41) is 16.8. The van der Waals surface area contributed by atoms with Gasteiger partial charge in [0.05, 0.1) is 12.4 Å². The molecule has 0 aliphatic heterocycles. The number of aliphatic hydroxyl groups is 1. The highest BCUT2D eigenvalue weighted by Crippen LogP contribution is 2.16. The highest BCUT2D eigenvalue weighted by Gasteiger charge is 2.04. The first-order valence-electron chi connectivity index (χ1n) is 4.53. The van der Waals surface area contributed by atoms with Crippen molar-refractivity contribution in [3.05, 3.63) is 18.1 Å². The number of amidine groups is 1. The van der Waals surface area contributed by atoms with Crippen LogP contribution < -0.4 is 5.73 Å². The normalized spacial score (nSPS) is 12.4. The Labute approximate surface area is 92.6 Å². The highest BCUT2D eigenvalue weighted by atomic mass is 32.2. The van der Waals surface area contributed by atoms with Crippen LogP contribution in [0.5, 0.6) is 0 Å². The van der Waals surface area contributed by atoms with E-state index in [1.165, 1.54) is 18.0 Å². The maximum atomic E-state index is 8.84. The molecule has 0 spiro atoms. The zero-order valence-electron chi connectivity index (χ0n) is 8.47. The summed E-state index contributed by atoms with van der Waals surface area (Å²) in [6, 6.07) is 0. The second-order valence-electron chi connectivity index (χ2n) is 3.25. The number of hydrogen-bond acceptors (Lipinski definition) is 5. The molecule has 1 aromatic heterocycles. The summed E-state index contributed by atoms with van der Waals surface area (Å²) in [5.41, 5.74) is 5.63. The Bertz CT molecular complexity index is 327. The SMILES string of the molecule is CC(CO)CSc1cnc(C(=N)N)cn1. The minimum atomic E-state index is -0.0808. The smallest absolute Gasteiger partial charge is 0.143 e. The maximum Gasteiger partial charge on any atom is 0.143 e. The fourth-order valence-electron chi connectivity index (χ4n) is 0.810. The molecule has 1 aromatic rings. The third-order valence-electron chi connectivity index (χ3n) is 1.73. The van der Waals surface area contributed by atoms with E-state index in [2.05, 4.69) is 9.97 Å². The Hall–Kier alpha value is -1.14. The van der Waals surface area contributed by atoms with Gasteiger partial charge in [-0.15, -0.1) is 11.8 Å². The minimum absolute atomic E-state index is 0.0808. The number of aromatic nitrogens is 2. The fourth-order valence-corrected chi connectivity index (χ4v) is 1.63. The van der Waals surface area contributed by atoms with E-state index in [0.29, 0.717) is 5.69 Å². The largest absolute Gasteiger partial charge is 0.396 e. The van der Waals surface area contributed by atoms with E-state index in [1.54, 1.807) is 6.20 Å². The van der Waals surface area contributed by atoms with Crippen molar-refractivity contribution in [1.29, 1.82) is 5.41 Å². The molecule has 0 amide bonds. The van der Waals surface area contributed by atoms with Crippen LogP contribution in [-0.4, -0.2) is 33.3 Å². The predicted molar refractivity (Wildman–Crippen MR) is 60.0 cm³/mol. The van der Waals surface area contributed by atoms with Gasteiger partial charge in [-0.2, -0.15) is 0 Å². The van der Waals surface area contributed by atoms with E-state index in [-0.39, 0.29) is 18.4 Å². The van der Waals surface area contributed by atoms with Crippen molar-refractivity contribution in [2.75, 3.05) is 12.4 Å². The molecule has 1 atom stereocenters. The van der Waals surface area contributed by atoms with E-state index >= 15 is 0 Å². The van der Waals surface area contributed by atoms with Gasteiger partial charge in [-0.3, -0.25) is 5.41 Å². The average molecular weight is 226 g/mol. The van der Waals surface area contributed by atoms with E-state index in [1.807, 2.05) is 6.92 Å². The lowest BCUT2D eigenvalue weighted by Crippen LogP contribution is -2.13. The quantitative estimate of drug-likeness (QED) is 0.385. The molecule has 0 aromatic carbocycles. The van der Waals surface area contributed by atoms with Gasteiger partial charge < -0.3 is 10.8 Å². The Morgan fingerprint density at radius 3 is 2.80 bits per heavy atom. The summed E-state index contributed by atoms with van der Waals surface area (Å²) in [5.74, 6) is 0.956. The summed E-state index contributed by atoms with van der Waals surface area (Å²) < 4.78 is 0. The summed E-state index contributed by atoms with van der Waals surface area (Å²) >= 11 is 1.53. The van der Waals surface area contributed by atoms with Gasteiger partial charge in [0.1, 0.15) is 16.6 Å². The van der Waals surface area contributed by atoms with Gasteiger partial charge in [0.15, 0.2) is 0 Å². The molecule has 6 heteroatoms. The lowest BCUT2D eigenvalue weighted by molar-refractivity contribution is 0.250. The number of nitrogens with one attached hydrogen (secondary N) is 1. The van der Waals surface area contributed by atoms with Crippen molar-refractivity contribution in [2.24, 2.45) is 11.7 Å². The van der Waals surface area contributed by atoms with Gasteiger partial charge >= 0.3 is 0 Å². The summed E-state index contributed by atoms with van der Waals surface area (Å²) in [4.78, 5) is 8.09. The van der Waals surface area contributed by atoms with Crippen molar-refractivity contribution < 1.29 is 5.11 Å². The molecule has 0 radical (unpaired) electrons. The van der Waals surface area contributed by atoms with Crippen LogP contribution in [0.4, 0.5) is 0 Å². The molecule has 5 nitrogen and oxygen atoms in total. The van der Waals surface area contributed by atoms with Crippen molar-refractivity contribution >= 4 is 17.6 Å². The first-order valence-corrected chi connectivity index (χ1v) is 5.52. The predicted octanol–water partition coefficient (Wildman–Crippen LogP) is 0.481. The van der Waals surface area contributed by atoms with Gasteiger partial charge in [0.25, 0.3) is 0 Å². The molecule has 15 heavy (non-hydrogen) atoms. The molecule has 0 bridgehead atoms. The van der Waals surface area contributed by atoms with Crippen LogP contribution in [0.1, 0.15) is 12.6 Å². The summed E-state index contributed by atoms with van der Waals surface area (Å²) in [6.45, 7) is 2.14. The molecule has 4 N–H and O–H groups in total. The van der Waals surface area contributed by atoms with Crippen LogP contribution in [0.15, 0.2) is 17.4 Å². The molecule has 0 fully saturated rings. The number of hydrogen-bond donors (Lipinski definition) is 3. The molecule has 0 saturated carbocycles. The third kappa shape index (κ3) is 3.85. The zero-order valence-corrected chi connectivity index (χ0v) is 9.29. The van der Waals surface area contributed by atoms with Crippen LogP contribution in [-0.2, 0) is 0 Å². The van der Waals surface area contributed by atoms with E-state index < -0.39 is 0 Å². The van der Waals surface area contributed by atoms with Gasteiger partial charge in [-0.05, 0) is 5.92 Å². The van der Waals surface area contributed by atoms with E-state index in [0.717, 1.165) is 10.8 Å². The fraction of sp³-hybridized carbons (Fsp3) is 0.444. The molecule has 0 saturated heterocycles. The molecule has 0 aliphatic carbocycles. The van der Waals surface area contributed by atoms with E-state index in [4.69, 9.17) is 16.2 Å². The lowest BCUT2D eigenvalue weighted by Gasteiger charge is -2.06. The highest BCUT2D eigenvalue weighted by molar-refractivity contribution is 7.99. The number of nitrogens with two attached hydrogens (primary N) is 1. The Kier molecular flexibility index (Phi) is 4.51. The van der Waals surface area contributed by atoms with Gasteiger partial charge in [-0.1, -0.05) is 6.92 Å². The zero-order chi connectivity index (χ0) is 11.3. The van der Waals surface area contributed by atoms with Crippen LogP contribution in [0.2, 0.25) is 0 Å². The molecular weight excluding hydrogens is 212 g/mol. The van der Waals surface area contributed by atoms with Crippen molar-refractivity contribution in [2.45, 2.75) is 11.9 Å². The Balaban J connectivity index is 2.53. The summed E-state index contributed by atoms with van der Waals surface area (Å²) in [6.07, 6.45) is 3.07. The van der Waals surface area contributed by atoms with Crippen molar-refractivity contribution in [1.82, 2.24) is 9.97 Å². The monoisotopic (exact) mass is 226 g/mol. The van der Waals surface area contributed by atoms with Gasteiger partial charge in [0, 0.05) is 12.4 Å². The number of thioether (sulfide) groups is 1. The second-order valence-corrected chi connectivity index (χ2v) is 4.29. The standard InChI is InChI=1S/C9H14N4OS/c1-6(4-14)5-15-8-3-12-7(2-13-8)9(10)11/h2-3,6,14H,4-5H2,1H3,(H3,10,11). The van der Waals surface area contributed by atoms with Gasteiger partial charge in [0.2, 0.25) is 0 Å². The minimum Gasteiger partial charge on any atom is -0.396 e. The van der Waals surface area contributed by atoms with E-state index in [9.17, 15) is 0 Å². The van der Waals surface area contributed by atoms with Gasteiger partial charge in [-0.25, -0.2) is 9.97 Å². The topological polar surface area (TPSA) is 95.9 Å². The first-order chi connectivity index (χ1) is 7.13. The van der Waals surface area contributed by atoms with Crippen LogP contribution in [0, 0.1) is 11.3 Å². The van der Waals surface area contributed by atoms with Crippen LogP contribution in [0.25, 0.3) is 0 Å². The number of rotatable bonds is 5. The molecule has 82 valence electrons. The Morgan fingerprint density at radius 1 is 1.60 bits per heavy atom. The molecule has 1 rings (SSSR count). The average Bonchev–Trinajstić information content (AvgIpc) is 2.26. The molecule has 1 heterocycles. The van der Waals surface area contributed by atoms with Crippen molar-refractivity contribution in [3.63, 3.8) is 0 Å². The molecule has 1 unspecified atom stereocenters. The second kappa shape index (κ2) is 5.67. The van der Waals surface area contributed by atoms with Crippen LogP contribution in [0.3, 0.4) is 0 Å². The van der Waals surface area contributed by atoms with Crippen LogP contribution >= 0.6 is 11.8 Å². The Morgan fingerprint density at radius 2 is 2.33 bits per heavy atom. The third-order valence-corrected chi connectivity index (χ3v) is 2.97. The van der Waals surface area contributed by atoms with Crippen molar-refractivity contribution in [3.8, 4) is 0 Å². The number of nitrogen functional groups attached to an aromatic ring is 1. The maximum absolute atomic E-state index is 8.84.